The molecule has 1 amide bonds. The molecule has 1 aliphatic heterocycles. The van der Waals surface area contributed by atoms with Gasteiger partial charge in [0.05, 0.1) is 12.0 Å². The van der Waals surface area contributed by atoms with E-state index < -0.39 is 0 Å². The number of carbonyl (C=O) groups excluding carboxylic acids is 1. The van der Waals surface area contributed by atoms with Crippen LogP contribution in [0.3, 0.4) is 0 Å². The number of nitrogens with one attached hydrogen (secondary N) is 1. The second-order valence-electron chi connectivity index (χ2n) is 7.35. The summed E-state index contributed by atoms with van der Waals surface area (Å²) in [5.41, 5.74) is 2.52. The Bertz CT molecular complexity index is 543. The number of benzene rings is 1. The molecule has 0 bridgehead atoms. The molecule has 4 nitrogen and oxygen atoms in total. The molecule has 1 aromatic carbocycles. The van der Waals surface area contributed by atoms with Gasteiger partial charge in [-0.2, -0.15) is 0 Å². The van der Waals surface area contributed by atoms with Crippen molar-refractivity contribution in [3.8, 4) is 0 Å². The topological polar surface area (TPSA) is 41.6 Å². The summed E-state index contributed by atoms with van der Waals surface area (Å²) in [5, 5.41) is 3.03. The number of amides is 1. The monoisotopic (exact) mass is 330 g/mol. The van der Waals surface area contributed by atoms with Crippen LogP contribution in [0, 0.1) is 11.8 Å². The van der Waals surface area contributed by atoms with Crippen LogP contribution in [-0.2, 0) is 22.6 Å². The molecule has 3 rings (SSSR count). The molecule has 4 heteroatoms. The maximum atomic E-state index is 12.0. The third-order valence-corrected chi connectivity index (χ3v) is 5.09. The first kappa shape index (κ1) is 17.4. The SMILES string of the molecule is CCOC1CC1C(=O)NCc1ccc(CN2CCCC(C)C2)cc1. The van der Waals surface area contributed by atoms with Crippen LogP contribution < -0.4 is 5.32 Å². The van der Waals surface area contributed by atoms with Gasteiger partial charge in [-0.25, -0.2) is 0 Å². The molecule has 1 heterocycles. The van der Waals surface area contributed by atoms with Gasteiger partial charge in [0, 0.05) is 26.2 Å². The van der Waals surface area contributed by atoms with E-state index in [0.717, 1.165) is 24.4 Å². The Morgan fingerprint density at radius 1 is 1.29 bits per heavy atom. The Kier molecular flexibility index (Phi) is 5.90. The first-order valence-corrected chi connectivity index (χ1v) is 9.35. The maximum absolute atomic E-state index is 12.0. The van der Waals surface area contributed by atoms with Gasteiger partial charge in [0.25, 0.3) is 0 Å². The van der Waals surface area contributed by atoms with Gasteiger partial charge in [0.1, 0.15) is 0 Å². The van der Waals surface area contributed by atoms with Gasteiger partial charge in [-0.05, 0) is 49.8 Å². The van der Waals surface area contributed by atoms with Crippen molar-refractivity contribution in [3.05, 3.63) is 35.4 Å². The molecule has 0 aromatic heterocycles. The van der Waals surface area contributed by atoms with Crippen LogP contribution >= 0.6 is 0 Å². The van der Waals surface area contributed by atoms with Crippen LogP contribution in [0.25, 0.3) is 0 Å². The Morgan fingerprint density at radius 3 is 2.75 bits per heavy atom. The zero-order valence-corrected chi connectivity index (χ0v) is 15.0. The highest BCUT2D eigenvalue weighted by Gasteiger charge is 2.43. The average Bonchev–Trinajstić information content (AvgIpc) is 3.34. The Labute approximate surface area is 145 Å². The second kappa shape index (κ2) is 8.13. The highest BCUT2D eigenvalue weighted by molar-refractivity contribution is 5.82. The number of piperidine rings is 1. The van der Waals surface area contributed by atoms with Crippen LogP contribution in [0.4, 0.5) is 0 Å². The predicted octanol–water partition coefficient (Wildman–Crippen LogP) is 2.96. The fourth-order valence-electron chi connectivity index (χ4n) is 3.62. The quantitative estimate of drug-likeness (QED) is 0.836. The lowest BCUT2D eigenvalue weighted by Gasteiger charge is -2.30. The van der Waals surface area contributed by atoms with Crippen LogP contribution in [0.1, 0.15) is 44.2 Å². The minimum Gasteiger partial charge on any atom is -0.378 e. The molecule has 1 aromatic rings. The van der Waals surface area contributed by atoms with Gasteiger partial charge in [-0.15, -0.1) is 0 Å². The summed E-state index contributed by atoms with van der Waals surface area (Å²) >= 11 is 0. The number of ether oxygens (including phenoxy) is 1. The molecule has 1 saturated carbocycles. The Morgan fingerprint density at radius 2 is 2.04 bits per heavy atom. The van der Waals surface area contributed by atoms with Crippen molar-refractivity contribution >= 4 is 5.91 Å². The summed E-state index contributed by atoms with van der Waals surface area (Å²) < 4.78 is 5.47. The zero-order chi connectivity index (χ0) is 16.9. The Balaban J connectivity index is 1.42. The largest absolute Gasteiger partial charge is 0.378 e. The van der Waals surface area contributed by atoms with Crippen LogP contribution in [0.2, 0.25) is 0 Å². The normalized spacial score (nSPS) is 27.0. The maximum Gasteiger partial charge on any atom is 0.226 e. The highest BCUT2D eigenvalue weighted by atomic mass is 16.5. The van der Waals surface area contributed by atoms with Crippen LogP contribution in [0.5, 0.6) is 0 Å². The third kappa shape index (κ3) is 4.81. The number of carbonyl (C=O) groups is 1. The molecule has 2 aliphatic rings. The molecule has 0 radical (unpaired) electrons. The highest BCUT2D eigenvalue weighted by Crippen LogP contribution is 2.33. The molecule has 3 unspecified atom stereocenters. The minimum absolute atomic E-state index is 0.0605. The standard InChI is InChI=1S/C20H30N2O2/c1-3-24-19-11-18(19)20(23)21-12-16-6-8-17(9-7-16)14-22-10-4-5-15(2)13-22/h6-9,15,18-19H,3-5,10-14H2,1-2H3,(H,21,23). The molecule has 3 atom stereocenters. The number of likely N-dealkylation sites (tertiary alicyclic amines) is 1. The van der Waals surface area contributed by atoms with E-state index in [4.69, 9.17) is 4.74 Å². The fourth-order valence-corrected chi connectivity index (χ4v) is 3.62. The van der Waals surface area contributed by atoms with Crippen molar-refractivity contribution in [2.24, 2.45) is 11.8 Å². The molecule has 24 heavy (non-hydrogen) atoms. The summed E-state index contributed by atoms with van der Waals surface area (Å²) in [6, 6.07) is 8.66. The van der Waals surface area contributed by atoms with Crippen LogP contribution in [0.15, 0.2) is 24.3 Å². The molecule has 1 aliphatic carbocycles. The van der Waals surface area contributed by atoms with E-state index in [9.17, 15) is 4.79 Å². The van der Waals surface area contributed by atoms with E-state index >= 15 is 0 Å². The number of hydrogen-bond donors (Lipinski definition) is 1. The van der Waals surface area contributed by atoms with Crippen molar-refractivity contribution < 1.29 is 9.53 Å². The van der Waals surface area contributed by atoms with E-state index in [2.05, 4.69) is 41.4 Å². The molecule has 132 valence electrons. The van der Waals surface area contributed by atoms with Gasteiger partial charge in [-0.3, -0.25) is 9.69 Å². The number of nitrogens with zero attached hydrogens (tertiary/aromatic N) is 1. The molecule has 0 spiro atoms. The predicted molar refractivity (Wildman–Crippen MR) is 95.5 cm³/mol. The molecular formula is C20H30N2O2. The molecular weight excluding hydrogens is 300 g/mol. The third-order valence-electron chi connectivity index (χ3n) is 5.09. The molecule has 1 saturated heterocycles. The molecule has 2 fully saturated rings. The smallest absolute Gasteiger partial charge is 0.226 e. The number of rotatable bonds is 7. The molecule has 1 N–H and O–H groups in total. The van der Waals surface area contributed by atoms with Crippen LogP contribution in [-0.4, -0.2) is 36.6 Å². The summed E-state index contributed by atoms with van der Waals surface area (Å²) in [6.45, 7) is 9.06. The van der Waals surface area contributed by atoms with E-state index in [1.54, 1.807) is 0 Å². The van der Waals surface area contributed by atoms with Gasteiger partial charge >= 0.3 is 0 Å². The summed E-state index contributed by atoms with van der Waals surface area (Å²) in [7, 11) is 0. The lowest BCUT2D eigenvalue weighted by Crippen LogP contribution is -2.33. The van der Waals surface area contributed by atoms with Gasteiger partial charge < -0.3 is 10.1 Å². The minimum atomic E-state index is 0.0605. The van der Waals surface area contributed by atoms with E-state index in [0.29, 0.717) is 13.2 Å². The Hall–Kier alpha value is -1.39. The lowest BCUT2D eigenvalue weighted by molar-refractivity contribution is -0.123. The summed E-state index contributed by atoms with van der Waals surface area (Å²) in [4.78, 5) is 14.6. The van der Waals surface area contributed by atoms with Gasteiger partial charge in [0.15, 0.2) is 0 Å². The van der Waals surface area contributed by atoms with Crippen molar-refractivity contribution in [1.82, 2.24) is 10.2 Å². The van der Waals surface area contributed by atoms with Crippen molar-refractivity contribution in [1.29, 1.82) is 0 Å². The van der Waals surface area contributed by atoms with Crippen molar-refractivity contribution in [2.45, 2.75) is 52.3 Å². The number of hydrogen-bond acceptors (Lipinski definition) is 3. The first-order chi connectivity index (χ1) is 11.7. The summed E-state index contributed by atoms with van der Waals surface area (Å²) in [6.07, 6.45) is 3.69. The van der Waals surface area contributed by atoms with E-state index in [1.165, 1.54) is 31.5 Å². The lowest BCUT2D eigenvalue weighted by atomic mass is 9.99. The van der Waals surface area contributed by atoms with E-state index in [-0.39, 0.29) is 17.9 Å². The first-order valence-electron chi connectivity index (χ1n) is 9.35. The van der Waals surface area contributed by atoms with Crippen molar-refractivity contribution in [3.63, 3.8) is 0 Å². The second-order valence-corrected chi connectivity index (χ2v) is 7.35. The van der Waals surface area contributed by atoms with Gasteiger partial charge in [0.2, 0.25) is 5.91 Å². The fraction of sp³-hybridized carbons (Fsp3) is 0.650. The van der Waals surface area contributed by atoms with E-state index in [1.807, 2.05) is 6.92 Å². The van der Waals surface area contributed by atoms with Gasteiger partial charge in [-0.1, -0.05) is 31.2 Å². The zero-order valence-electron chi connectivity index (χ0n) is 15.0. The summed E-state index contributed by atoms with van der Waals surface area (Å²) in [5.74, 6) is 1.00. The average molecular weight is 330 g/mol. The van der Waals surface area contributed by atoms with Crippen molar-refractivity contribution in [2.75, 3.05) is 19.7 Å².